The van der Waals surface area contributed by atoms with Crippen molar-refractivity contribution < 1.29 is 0 Å². The number of hydrazone groups is 1. The second-order valence-electron chi connectivity index (χ2n) is 3.80. The van der Waals surface area contributed by atoms with E-state index in [9.17, 15) is 0 Å². The molecule has 6 heteroatoms. The zero-order valence-corrected chi connectivity index (χ0v) is 10.4. The molecular formula is C12H20N6. The Bertz CT molecular complexity index is 371. The third kappa shape index (κ3) is 5.95. The van der Waals surface area contributed by atoms with Gasteiger partial charge in [-0.05, 0) is 43.7 Å². The Morgan fingerprint density at radius 3 is 2.56 bits per heavy atom. The van der Waals surface area contributed by atoms with E-state index >= 15 is 0 Å². The first-order chi connectivity index (χ1) is 8.86. The molecule has 0 aromatic heterocycles. The molecule has 1 aromatic carbocycles. The van der Waals surface area contributed by atoms with Gasteiger partial charge in [0, 0.05) is 12.2 Å². The standard InChI is InChI=1S/C12H20N6/c13-8-2-1-3-9-15-11-4-6-12(7-5-11)18-17-10-16-14/h4-7,10,15H,1-3,8-9,13-14H2. The largest absolute Gasteiger partial charge is 0.385 e. The molecule has 0 unspecified atom stereocenters. The number of nitrogens with one attached hydrogen (secondary N) is 1. The van der Waals surface area contributed by atoms with Crippen molar-refractivity contribution in [3.05, 3.63) is 24.3 Å². The molecule has 1 rings (SSSR count). The summed E-state index contributed by atoms with van der Waals surface area (Å²) in [6.45, 7) is 1.73. The molecule has 5 N–H and O–H groups in total. The number of anilines is 1. The van der Waals surface area contributed by atoms with E-state index in [0.29, 0.717) is 0 Å². The summed E-state index contributed by atoms with van der Waals surface area (Å²) in [7, 11) is 0. The molecule has 0 heterocycles. The van der Waals surface area contributed by atoms with Crippen LogP contribution in [-0.2, 0) is 0 Å². The lowest BCUT2D eigenvalue weighted by atomic mass is 10.2. The lowest BCUT2D eigenvalue weighted by molar-refractivity contribution is 0.707. The van der Waals surface area contributed by atoms with E-state index in [2.05, 4.69) is 20.6 Å². The predicted octanol–water partition coefficient (Wildman–Crippen LogP) is 2.21. The van der Waals surface area contributed by atoms with Crippen LogP contribution in [0.5, 0.6) is 0 Å². The Morgan fingerprint density at radius 1 is 1.11 bits per heavy atom. The van der Waals surface area contributed by atoms with Crippen molar-refractivity contribution >= 4 is 17.7 Å². The molecule has 0 amide bonds. The van der Waals surface area contributed by atoms with Crippen molar-refractivity contribution in [1.82, 2.24) is 0 Å². The molecule has 98 valence electrons. The number of azo groups is 1. The zero-order chi connectivity index (χ0) is 13.1. The van der Waals surface area contributed by atoms with Gasteiger partial charge < -0.3 is 16.9 Å². The van der Waals surface area contributed by atoms with Crippen LogP contribution in [0.15, 0.2) is 39.6 Å². The van der Waals surface area contributed by atoms with Gasteiger partial charge in [0.2, 0.25) is 0 Å². The molecule has 6 nitrogen and oxygen atoms in total. The quantitative estimate of drug-likeness (QED) is 0.164. The topological polar surface area (TPSA) is 101 Å². The Labute approximate surface area is 107 Å². The van der Waals surface area contributed by atoms with Gasteiger partial charge in [-0.2, -0.15) is 5.10 Å². The number of rotatable bonds is 8. The molecule has 18 heavy (non-hydrogen) atoms. The molecule has 0 spiro atoms. The van der Waals surface area contributed by atoms with Crippen molar-refractivity contribution in [3.8, 4) is 0 Å². The summed E-state index contributed by atoms with van der Waals surface area (Å²) < 4.78 is 0. The first kappa shape index (κ1) is 14.1. The predicted molar refractivity (Wildman–Crippen MR) is 75.0 cm³/mol. The molecule has 0 radical (unpaired) electrons. The van der Waals surface area contributed by atoms with Gasteiger partial charge in [0.25, 0.3) is 0 Å². The molecule has 0 saturated heterocycles. The second-order valence-corrected chi connectivity index (χ2v) is 3.80. The van der Waals surface area contributed by atoms with Crippen LogP contribution in [0, 0.1) is 0 Å². The van der Waals surface area contributed by atoms with Crippen molar-refractivity contribution in [2.75, 3.05) is 18.4 Å². The monoisotopic (exact) mass is 248 g/mol. The normalized spacial score (nSPS) is 11.4. The minimum Gasteiger partial charge on any atom is -0.385 e. The van der Waals surface area contributed by atoms with Crippen LogP contribution >= 0.6 is 0 Å². The van der Waals surface area contributed by atoms with E-state index in [-0.39, 0.29) is 0 Å². The molecule has 0 bridgehead atoms. The van der Waals surface area contributed by atoms with Crippen LogP contribution < -0.4 is 16.9 Å². The van der Waals surface area contributed by atoms with E-state index in [0.717, 1.165) is 43.7 Å². The first-order valence-electron chi connectivity index (χ1n) is 6.03. The number of benzene rings is 1. The molecule has 0 saturated carbocycles. The SMILES string of the molecule is NCCCCCNc1ccc(N=NC=NN)cc1. The van der Waals surface area contributed by atoms with Gasteiger partial charge in [-0.3, -0.25) is 0 Å². The second kappa shape index (κ2) is 9.12. The number of hydrogen-bond acceptors (Lipinski definition) is 5. The maximum atomic E-state index is 5.43. The zero-order valence-electron chi connectivity index (χ0n) is 10.4. The van der Waals surface area contributed by atoms with Gasteiger partial charge in [0.1, 0.15) is 0 Å². The van der Waals surface area contributed by atoms with Gasteiger partial charge in [-0.25, -0.2) is 0 Å². The van der Waals surface area contributed by atoms with Crippen LogP contribution in [0.2, 0.25) is 0 Å². The van der Waals surface area contributed by atoms with Gasteiger partial charge >= 0.3 is 0 Å². The summed E-state index contributed by atoms with van der Waals surface area (Å²) in [5.74, 6) is 4.90. The van der Waals surface area contributed by atoms with E-state index in [4.69, 9.17) is 11.6 Å². The van der Waals surface area contributed by atoms with Gasteiger partial charge in [-0.1, -0.05) is 6.42 Å². The Hall–Kier alpha value is -1.95. The van der Waals surface area contributed by atoms with E-state index in [1.807, 2.05) is 24.3 Å². The molecule has 0 atom stereocenters. The first-order valence-corrected chi connectivity index (χ1v) is 6.03. The summed E-state index contributed by atoms with van der Waals surface area (Å²) in [6.07, 6.45) is 4.58. The van der Waals surface area contributed by atoms with E-state index < -0.39 is 0 Å². The highest BCUT2D eigenvalue weighted by Crippen LogP contribution is 2.16. The number of nitrogens with zero attached hydrogens (tertiary/aromatic N) is 3. The minimum absolute atomic E-state index is 0.767. The highest BCUT2D eigenvalue weighted by Gasteiger charge is 1.93. The van der Waals surface area contributed by atoms with Crippen molar-refractivity contribution in [1.29, 1.82) is 0 Å². The van der Waals surface area contributed by atoms with Crippen LogP contribution in [0.3, 0.4) is 0 Å². The highest BCUT2D eigenvalue weighted by molar-refractivity contribution is 5.55. The number of unbranched alkanes of at least 4 members (excludes halogenated alkanes) is 2. The fourth-order valence-electron chi connectivity index (χ4n) is 1.45. The van der Waals surface area contributed by atoms with Gasteiger partial charge in [-0.15, -0.1) is 10.2 Å². The number of nitrogens with two attached hydrogens (primary N) is 2. The van der Waals surface area contributed by atoms with Gasteiger partial charge in [0.15, 0.2) is 6.34 Å². The van der Waals surface area contributed by atoms with E-state index in [1.54, 1.807) is 0 Å². The maximum absolute atomic E-state index is 5.43. The van der Waals surface area contributed by atoms with Crippen LogP contribution in [-0.4, -0.2) is 19.4 Å². The van der Waals surface area contributed by atoms with Crippen molar-refractivity contribution in [2.45, 2.75) is 19.3 Å². The summed E-state index contributed by atoms with van der Waals surface area (Å²) in [5, 5.41) is 14.1. The van der Waals surface area contributed by atoms with Crippen LogP contribution in [0.25, 0.3) is 0 Å². The summed E-state index contributed by atoms with van der Waals surface area (Å²) in [6, 6.07) is 7.71. The molecule has 0 fully saturated rings. The minimum atomic E-state index is 0.767. The van der Waals surface area contributed by atoms with Crippen molar-refractivity contribution in [2.24, 2.45) is 26.9 Å². The molecule has 0 aliphatic rings. The summed E-state index contributed by atoms with van der Waals surface area (Å²) in [4.78, 5) is 0. The smallest absolute Gasteiger partial charge is 0.157 e. The highest BCUT2D eigenvalue weighted by atomic mass is 15.2. The molecule has 0 aliphatic carbocycles. The summed E-state index contributed by atoms with van der Waals surface area (Å²) >= 11 is 0. The van der Waals surface area contributed by atoms with Gasteiger partial charge in [0.05, 0.1) is 5.69 Å². The van der Waals surface area contributed by atoms with E-state index in [1.165, 1.54) is 6.34 Å². The summed E-state index contributed by atoms with van der Waals surface area (Å²) in [5.41, 5.74) is 7.28. The Balaban J connectivity index is 2.31. The fourth-order valence-corrected chi connectivity index (χ4v) is 1.45. The fraction of sp³-hybridized carbons (Fsp3) is 0.417. The van der Waals surface area contributed by atoms with Crippen LogP contribution in [0.4, 0.5) is 11.4 Å². The molecule has 1 aromatic rings. The third-order valence-electron chi connectivity index (χ3n) is 2.37. The lowest BCUT2D eigenvalue weighted by Gasteiger charge is -2.05. The lowest BCUT2D eigenvalue weighted by Crippen LogP contribution is -2.03. The maximum Gasteiger partial charge on any atom is 0.157 e. The Kier molecular flexibility index (Phi) is 7.15. The third-order valence-corrected chi connectivity index (χ3v) is 2.37. The number of hydrogen-bond donors (Lipinski definition) is 3. The Morgan fingerprint density at radius 2 is 1.89 bits per heavy atom. The molecule has 0 aliphatic heterocycles. The van der Waals surface area contributed by atoms with Crippen molar-refractivity contribution in [3.63, 3.8) is 0 Å². The average molecular weight is 248 g/mol. The molecular weight excluding hydrogens is 228 g/mol. The van der Waals surface area contributed by atoms with Crippen LogP contribution in [0.1, 0.15) is 19.3 Å². The average Bonchev–Trinajstić information content (AvgIpc) is 2.40.